The number of oxime groups is 1. The molecule has 0 fully saturated rings. The van der Waals surface area contributed by atoms with Crippen molar-refractivity contribution in [1.29, 1.82) is 0 Å². The standard InChI is InChI=1S/C21H14Cl2N2O2/c22-15-11-10-14(18(23)12-15)13-27-24-20-17-8-4-5-9-19(17)25(21(20)26)16-6-2-1-3-7-16/h1-12H,13H2. The lowest BCUT2D eigenvalue weighted by molar-refractivity contribution is -0.111. The molecule has 0 spiro atoms. The molecule has 134 valence electrons. The van der Waals surface area contributed by atoms with Crippen molar-refractivity contribution in [3.05, 3.63) is 94.0 Å². The van der Waals surface area contributed by atoms with E-state index in [4.69, 9.17) is 28.0 Å². The molecule has 0 bridgehead atoms. The Bertz CT molecular complexity index is 1040. The second-order valence-electron chi connectivity index (χ2n) is 5.94. The van der Waals surface area contributed by atoms with Crippen LogP contribution < -0.4 is 4.90 Å². The van der Waals surface area contributed by atoms with Gasteiger partial charge in [0.05, 0.1) is 5.69 Å². The summed E-state index contributed by atoms with van der Waals surface area (Å²) in [5.41, 5.74) is 3.29. The van der Waals surface area contributed by atoms with Gasteiger partial charge in [-0.2, -0.15) is 0 Å². The minimum absolute atomic E-state index is 0.139. The number of hydrogen-bond donors (Lipinski definition) is 0. The van der Waals surface area contributed by atoms with Crippen molar-refractivity contribution in [1.82, 2.24) is 0 Å². The number of nitrogens with zero attached hydrogens (tertiary/aromatic N) is 2. The minimum atomic E-state index is -0.232. The van der Waals surface area contributed by atoms with Crippen LogP contribution in [0.4, 0.5) is 11.4 Å². The van der Waals surface area contributed by atoms with Gasteiger partial charge in [-0.3, -0.25) is 9.69 Å². The van der Waals surface area contributed by atoms with Crippen LogP contribution in [0.5, 0.6) is 0 Å². The number of amides is 1. The second kappa shape index (κ2) is 7.43. The largest absolute Gasteiger partial charge is 0.390 e. The monoisotopic (exact) mass is 396 g/mol. The molecule has 0 N–H and O–H groups in total. The molecule has 0 saturated carbocycles. The van der Waals surface area contributed by atoms with Gasteiger partial charge < -0.3 is 4.84 Å². The first-order valence-corrected chi connectivity index (χ1v) is 9.03. The molecular weight excluding hydrogens is 383 g/mol. The fourth-order valence-corrected chi connectivity index (χ4v) is 3.39. The highest BCUT2D eigenvalue weighted by atomic mass is 35.5. The van der Waals surface area contributed by atoms with Gasteiger partial charge in [0.2, 0.25) is 0 Å². The summed E-state index contributed by atoms with van der Waals surface area (Å²) in [6, 6.07) is 22.1. The van der Waals surface area contributed by atoms with Gasteiger partial charge in [-0.05, 0) is 30.3 Å². The molecule has 1 amide bonds. The fraction of sp³-hybridized carbons (Fsp3) is 0.0476. The van der Waals surface area contributed by atoms with Crippen LogP contribution in [0.25, 0.3) is 0 Å². The first-order valence-electron chi connectivity index (χ1n) is 8.28. The van der Waals surface area contributed by atoms with Gasteiger partial charge >= 0.3 is 0 Å². The quantitative estimate of drug-likeness (QED) is 0.539. The Balaban J connectivity index is 1.63. The van der Waals surface area contributed by atoms with Crippen molar-refractivity contribution in [2.45, 2.75) is 6.61 Å². The second-order valence-corrected chi connectivity index (χ2v) is 6.79. The Morgan fingerprint density at radius 3 is 2.44 bits per heavy atom. The average Bonchev–Trinajstić information content (AvgIpc) is 2.96. The zero-order chi connectivity index (χ0) is 18.8. The Kier molecular flexibility index (Phi) is 4.84. The highest BCUT2D eigenvalue weighted by Crippen LogP contribution is 2.35. The Morgan fingerprint density at radius 2 is 1.67 bits per heavy atom. The van der Waals surface area contributed by atoms with E-state index >= 15 is 0 Å². The Labute approximate surface area is 166 Å². The number of anilines is 2. The van der Waals surface area contributed by atoms with E-state index in [9.17, 15) is 4.79 Å². The first kappa shape index (κ1) is 17.6. The molecule has 4 rings (SSSR count). The number of fused-ring (bicyclic) bond motifs is 1. The van der Waals surface area contributed by atoms with Crippen LogP contribution in [-0.2, 0) is 16.2 Å². The fourth-order valence-electron chi connectivity index (χ4n) is 2.93. The van der Waals surface area contributed by atoms with E-state index in [0.717, 1.165) is 22.5 Å². The van der Waals surface area contributed by atoms with E-state index in [-0.39, 0.29) is 18.2 Å². The van der Waals surface area contributed by atoms with Gasteiger partial charge in [0.15, 0.2) is 5.71 Å². The lowest BCUT2D eigenvalue weighted by Gasteiger charge is -2.16. The maximum atomic E-state index is 13.0. The van der Waals surface area contributed by atoms with E-state index in [2.05, 4.69) is 5.16 Å². The summed E-state index contributed by atoms with van der Waals surface area (Å²) >= 11 is 12.1. The number of halogens is 2. The normalized spacial score (nSPS) is 14.5. The number of para-hydroxylation sites is 2. The third-order valence-corrected chi connectivity index (χ3v) is 4.80. The summed E-state index contributed by atoms with van der Waals surface area (Å²) < 4.78 is 0. The predicted octanol–water partition coefficient (Wildman–Crippen LogP) is 5.59. The van der Waals surface area contributed by atoms with Gasteiger partial charge in [-0.25, -0.2) is 0 Å². The van der Waals surface area contributed by atoms with Crippen molar-refractivity contribution in [2.75, 3.05) is 4.90 Å². The zero-order valence-electron chi connectivity index (χ0n) is 14.1. The molecular formula is C21H14Cl2N2O2. The molecule has 27 heavy (non-hydrogen) atoms. The molecule has 1 heterocycles. The molecule has 0 saturated heterocycles. The highest BCUT2D eigenvalue weighted by molar-refractivity contribution is 6.55. The van der Waals surface area contributed by atoms with E-state index in [1.807, 2.05) is 54.6 Å². The summed E-state index contributed by atoms with van der Waals surface area (Å²) in [4.78, 5) is 20.1. The number of rotatable bonds is 4. The molecule has 3 aromatic rings. The van der Waals surface area contributed by atoms with E-state index in [1.165, 1.54) is 0 Å². The van der Waals surface area contributed by atoms with Crippen molar-refractivity contribution in [2.24, 2.45) is 5.16 Å². The van der Waals surface area contributed by atoms with E-state index in [0.29, 0.717) is 10.0 Å². The summed E-state index contributed by atoms with van der Waals surface area (Å²) in [7, 11) is 0. The molecule has 6 heteroatoms. The molecule has 1 aliphatic heterocycles. The van der Waals surface area contributed by atoms with Crippen LogP contribution in [0.3, 0.4) is 0 Å². The molecule has 1 aliphatic rings. The van der Waals surface area contributed by atoms with Gasteiger partial charge in [-0.1, -0.05) is 70.8 Å². The van der Waals surface area contributed by atoms with E-state index in [1.54, 1.807) is 23.1 Å². The SMILES string of the molecule is O=C1C(=NOCc2ccc(Cl)cc2Cl)c2ccccc2N1c1ccccc1. The maximum Gasteiger partial charge on any atom is 0.285 e. The van der Waals surface area contributed by atoms with Gasteiger partial charge in [-0.15, -0.1) is 0 Å². The van der Waals surface area contributed by atoms with Crippen molar-refractivity contribution >= 4 is 46.2 Å². The van der Waals surface area contributed by atoms with Crippen molar-refractivity contribution in [3.63, 3.8) is 0 Å². The van der Waals surface area contributed by atoms with Crippen molar-refractivity contribution in [3.8, 4) is 0 Å². The lowest BCUT2D eigenvalue weighted by atomic mass is 10.1. The van der Waals surface area contributed by atoms with Crippen molar-refractivity contribution < 1.29 is 9.63 Å². The number of carbonyl (C=O) groups excluding carboxylic acids is 1. The van der Waals surface area contributed by atoms with Crippen LogP contribution in [0.15, 0.2) is 78.0 Å². The van der Waals surface area contributed by atoms with Crippen LogP contribution >= 0.6 is 23.2 Å². The highest BCUT2D eigenvalue weighted by Gasteiger charge is 2.35. The van der Waals surface area contributed by atoms with Crippen LogP contribution in [0.1, 0.15) is 11.1 Å². The molecule has 0 aromatic heterocycles. The number of hydrogen-bond acceptors (Lipinski definition) is 3. The zero-order valence-corrected chi connectivity index (χ0v) is 15.6. The topological polar surface area (TPSA) is 41.9 Å². The summed E-state index contributed by atoms with van der Waals surface area (Å²) in [6.45, 7) is 0.139. The minimum Gasteiger partial charge on any atom is -0.390 e. The maximum absolute atomic E-state index is 13.0. The average molecular weight is 397 g/mol. The Morgan fingerprint density at radius 1 is 0.926 bits per heavy atom. The molecule has 3 aromatic carbocycles. The molecule has 0 radical (unpaired) electrons. The summed E-state index contributed by atoms with van der Waals surface area (Å²) in [5, 5.41) is 5.16. The van der Waals surface area contributed by atoms with Crippen LogP contribution in [0, 0.1) is 0 Å². The van der Waals surface area contributed by atoms with Crippen LogP contribution in [0.2, 0.25) is 10.0 Å². The van der Waals surface area contributed by atoms with E-state index < -0.39 is 0 Å². The molecule has 0 atom stereocenters. The molecule has 0 aliphatic carbocycles. The lowest BCUT2D eigenvalue weighted by Crippen LogP contribution is -2.25. The smallest absolute Gasteiger partial charge is 0.285 e. The Hall–Kier alpha value is -2.82. The predicted molar refractivity (Wildman–Crippen MR) is 108 cm³/mol. The number of benzene rings is 3. The number of carbonyl (C=O) groups is 1. The van der Waals surface area contributed by atoms with Gasteiger partial charge in [0.1, 0.15) is 6.61 Å². The first-order chi connectivity index (χ1) is 13.1. The van der Waals surface area contributed by atoms with Gasteiger partial charge in [0, 0.05) is 26.9 Å². The third kappa shape index (κ3) is 3.42. The molecule has 0 unspecified atom stereocenters. The third-order valence-electron chi connectivity index (χ3n) is 4.21. The molecule has 4 nitrogen and oxygen atoms in total. The van der Waals surface area contributed by atoms with Crippen LogP contribution in [-0.4, -0.2) is 11.6 Å². The summed E-state index contributed by atoms with van der Waals surface area (Å²) in [5.74, 6) is -0.232. The van der Waals surface area contributed by atoms with Gasteiger partial charge in [0.25, 0.3) is 5.91 Å². The summed E-state index contributed by atoms with van der Waals surface area (Å²) in [6.07, 6.45) is 0.